The molecule has 112 valence electrons. The number of allylic oxidation sites excluding steroid dienone is 5. The molecule has 0 fully saturated rings. The Morgan fingerprint density at radius 1 is 1.14 bits per heavy atom. The minimum absolute atomic E-state index is 0. The second-order valence-corrected chi connectivity index (χ2v) is 5.71. The van der Waals surface area contributed by atoms with Crippen molar-refractivity contribution in [3.05, 3.63) is 77.1 Å². The highest BCUT2D eigenvalue weighted by atomic mass is 14.1. The molecule has 1 aliphatic rings. The van der Waals surface area contributed by atoms with Crippen LogP contribution in [0.1, 0.15) is 46.1 Å². The van der Waals surface area contributed by atoms with E-state index in [0.29, 0.717) is 5.92 Å². The van der Waals surface area contributed by atoms with Crippen LogP contribution in [0, 0.1) is 5.92 Å². The smallest absolute Gasteiger partial charge is 0.00623 e. The van der Waals surface area contributed by atoms with E-state index in [2.05, 4.69) is 74.2 Å². The molecule has 0 aliphatic heterocycles. The standard InChI is InChI=1S/C20H24.CH4/c1-17-8-6-7-9-18(2)16-20(13-12-17)15-14-19-10-4-3-5-11-19;/h3-5,7-8,10-11,13,16-17H,9,12,14-15H2,1-2H3;1H4/b18-16-,20-13-;. The van der Waals surface area contributed by atoms with Gasteiger partial charge in [-0.1, -0.05) is 68.0 Å². The van der Waals surface area contributed by atoms with E-state index in [0.717, 1.165) is 25.7 Å². The first-order valence-electron chi connectivity index (χ1n) is 7.55. The molecule has 0 N–H and O–H groups in total. The van der Waals surface area contributed by atoms with E-state index >= 15 is 0 Å². The lowest BCUT2D eigenvalue weighted by Gasteiger charge is -2.08. The van der Waals surface area contributed by atoms with E-state index in [1.165, 1.54) is 16.7 Å². The predicted molar refractivity (Wildman–Crippen MR) is 94.4 cm³/mol. The molecule has 0 aromatic heterocycles. The molecule has 1 unspecified atom stereocenters. The molecule has 1 aliphatic carbocycles. The van der Waals surface area contributed by atoms with Gasteiger partial charge in [0.25, 0.3) is 0 Å². The van der Waals surface area contributed by atoms with E-state index < -0.39 is 0 Å². The predicted octanol–water partition coefficient (Wildman–Crippen LogP) is 6.27. The Kier molecular flexibility index (Phi) is 7.58. The molecule has 0 heteroatoms. The molecule has 1 aromatic rings. The van der Waals surface area contributed by atoms with Crippen molar-refractivity contribution in [1.82, 2.24) is 0 Å². The Bertz CT molecular complexity index is 537. The second kappa shape index (κ2) is 9.21. The van der Waals surface area contributed by atoms with Crippen molar-refractivity contribution >= 4 is 0 Å². The maximum absolute atomic E-state index is 3.29. The summed E-state index contributed by atoms with van der Waals surface area (Å²) in [5.41, 5.74) is 7.60. The highest BCUT2D eigenvalue weighted by molar-refractivity contribution is 5.27. The molecule has 0 nitrogen and oxygen atoms in total. The molecular formula is C21H28. The molecule has 0 saturated carbocycles. The van der Waals surface area contributed by atoms with Gasteiger partial charge in [-0.05, 0) is 56.2 Å². The van der Waals surface area contributed by atoms with Gasteiger partial charge in [0.1, 0.15) is 0 Å². The van der Waals surface area contributed by atoms with Gasteiger partial charge in [-0.3, -0.25) is 0 Å². The van der Waals surface area contributed by atoms with Gasteiger partial charge < -0.3 is 0 Å². The zero-order valence-electron chi connectivity index (χ0n) is 12.6. The van der Waals surface area contributed by atoms with Gasteiger partial charge in [-0.15, -0.1) is 5.73 Å². The summed E-state index contributed by atoms with van der Waals surface area (Å²) in [5, 5.41) is 0. The summed E-state index contributed by atoms with van der Waals surface area (Å²) >= 11 is 0. The Labute approximate surface area is 130 Å². The van der Waals surface area contributed by atoms with Crippen molar-refractivity contribution in [1.29, 1.82) is 0 Å². The largest absolute Gasteiger partial charge is 0.129 e. The minimum Gasteiger partial charge on any atom is -0.129 e. The molecule has 0 radical (unpaired) electrons. The van der Waals surface area contributed by atoms with Crippen molar-refractivity contribution in [2.75, 3.05) is 0 Å². The van der Waals surface area contributed by atoms with Gasteiger partial charge in [0.15, 0.2) is 0 Å². The first-order valence-corrected chi connectivity index (χ1v) is 7.55. The summed E-state index contributed by atoms with van der Waals surface area (Å²) in [4.78, 5) is 0. The lowest BCUT2D eigenvalue weighted by molar-refractivity contribution is 0.738. The molecule has 1 aromatic carbocycles. The summed E-state index contributed by atoms with van der Waals surface area (Å²) in [5.74, 6) is 0.574. The molecule has 0 heterocycles. The van der Waals surface area contributed by atoms with Crippen LogP contribution in [-0.4, -0.2) is 0 Å². The lowest BCUT2D eigenvalue weighted by atomic mass is 9.97. The van der Waals surface area contributed by atoms with Crippen LogP contribution in [0.3, 0.4) is 0 Å². The molecule has 0 bridgehead atoms. The van der Waals surface area contributed by atoms with Crippen LogP contribution in [0.5, 0.6) is 0 Å². The summed E-state index contributed by atoms with van der Waals surface area (Å²) < 4.78 is 0. The Hall–Kier alpha value is -1.78. The SMILES string of the molecule is C.C/C1=C/C(CCc2ccccc2)=C\CC(C)C=C=CC1. The topological polar surface area (TPSA) is 0 Å². The van der Waals surface area contributed by atoms with Gasteiger partial charge >= 0.3 is 0 Å². The summed E-state index contributed by atoms with van der Waals surface area (Å²) in [6.45, 7) is 4.46. The average molecular weight is 280 g/mol. The molecule has 0 amide bonds. The molecule has 21 heavy (non-hydrogen) atoms. The van der Waals surface area contributed by atoms with Gasteiger partial charge in [-0.25, -0.2) is 0 Å². The van der Waals surface area contributed by atoms with Crippen molar-refractivity contribution < 1.29 is 0 Å². The van der Waals surface area contributed by atoms with Crippen LogP contribution in [0.25, 0.3) is 0 Å². The average Bonchev–Trinajstić information content (AvgIpc) is 2.47. The van der Waals surface area contributed by atoms with Crippen LogP contribution >= 0.6 is 0 Å². The fourth-order valence-corrected chi connectivity index (χ4v) is 2.40. The summed E-state index contributed by atoms with van der Waals surface area (Å²) in [7, 11) is 0. The lowest BCUT2D eigenvalue weighted by Crippen LogP contribution is -1.92. The highest BCUT2D eigenvalue weighted by Crippen LogP contribution is 2.18. The van der Waals surface area contributed by atoms with E-state index in [-0.39, 0.29) is 7.43 Å². The molecule has 1 atom stereocenters. The Morgan fingerprint density at radius 2 is 1.90 bits per heavy atom. The number of hydrogen-bond acceptors (Lipinski definition) is 0. The maximum atomic E-state index is 3.29. The van der Waals surface area contributed by atoms with E-state index in [9.17, 15) is 0 Å². The number of hydrogen-bond donors (Lipinski definition) is 0. The monoisotopic (exact) mass is 280 g/mol. The van der Waals surface area contributed by atoms with Gasteiger partial charge in [0, 0.05) is 0 Å². The fourth-order valence-electron chi connectivity index (χ4n) is 2.40. The molecule has 2 rings (SSSR count). The van der Waals surface area contributed by atoms with Gasteiger partial charge in [-0.2, -0.15) is 0 Å². The summed E-state index contributed by atoms with van der Waals surface area (Å²) in [6, 6.07) is 10.7. The maximum Gasteiger partial charge on any atom is -0.00623 e. The van der Waals surface area contributed by atoms with Crippen LogP contribution in [0.15, 0.2) is 71.5 Å². The van der Waals surface area contributed by atoms with Crippen LogP contribution in [-0.2, 0) is 6.42 Å². The van der Waals surface area contributed by atoms with E-state index in [4.69, 9.17) is 0 Å². The van der Waals surface area contributed by atoms with E-state index in [1.807, 2.05) is 0 Å². The normalized spacial score (nSPS) is 23.4. The third-order valence-corrected chi connectivity index (χ3v) is 3.65. The first-order chi connectivity index (χ1) is 9.74. The third kappa shape index (κ3) is 6.47. The van der Waals surface area contributed by atoms with Gasteiger partial charge in [0.2, 0.25) is 0 Å². The number of rotatable bonds is 3. The quantitative estimate of drug-likeness (QED) is 0.572. The summed E-state index contributed by atoms with van der Waals surface area (Å²) in [6.07, 6.45) is 13.4. The molecule has 0 spiro atoms. The van der Waals surface area contributed by atoms with Crippen molar-refractivity contribution in [2.45, 2.75) is 47.0 Å². The fraction of sp³-hybridized carbons (Fsp3) is 0.381. The van der Waals surface area contributed by atoms with Crippen LogP contribution in [0.4, 0.5) is 0 Å². The van der Waals surface area contributed by atoms with E-state index in [1.54, 1.807) is 0 Å². The highest BCUT2D eigenvalue weighted by Gasteiger charge is 2.01. The number of benzene rings is 1. The number of aryl methyl sites for hydroxylation is 1. The first kappa shape index (κ1) is 17.3. The van der Waals surface area contributed by atoms with Crippen molar-refractivity contribution in [3.8, 4) is 0 Å². The zero-order valence-corrected chi connectivity index (χ0v) is 12.6. The van der Waals surface area contributed by atoms with Gasteiger partial charge in [0.05, 0.1) is 0 Å². The van der Waals surface area contributed by atoms with Crippen LogP contribution in [0.2, 0.25) is 0 Å². The molecule has 0 saturated heterocycles. The van der Waals surface area contributed by atoms with Crippen molar-refractivity contribution in [3.63, 3.8) is 0 Å². The zero-order chi connectivity index (χ0) is 14.2. The Morgan fingerprint density at radius 3 is 2.67 bits per heavy atom. The third-order valence-electron chi connectivity index (χ3n) is 3.65. The molecular weight excluding hydrogens is 252 g/mol. The van der Waals surface area contributed by atoms with Crippen LogP contribution < -0.4 is 0 Å². The minimum atomic E-state index is 0. The Balaban J connectivity index is 0.00000220. The second-order valence-electron chi connectivity index (χ2n) is 5.71. The van der Waals surface area contributed by atoms with Crippen molar-refractivity contribution in [2.24, 2.45) is 5.92 Å².